The first kappa shape index (κ1) is 17.4. The molecule has 0 N–H and O–H groups in total. The predicted octanol–water partition coefficient (Wildman–Crippen LogP) is 2.37. The Kier molecular flexibility index (Phi) is 6.10. The summed E-state index contributed by atoms with van der Waals surface area (Å²) in [5.74, 6) is 1.54. The Bertz CT molecular complexity index is 533. The van der Waals surface area contributed by atoms with E-state index in [4.69, 9.17) is 14.2 Å². The minimum atomic E-state index is -0.261. The van der Waals surface area contributed by atoms with Crippen LogP contribution in [0.2, 0.25) is 0 Å². The van der Waals surface area contributed by atoms with Crippen LogP contribution in [0.1, 0.15) is 19.4 Å². The number of carbonyl (C=O) groups excluding carboxylic acids is 1. The molecule has 1 aromatic carbocycles. The van der Waals surface area contributed by atoms with Gasteiger partial charge in [-0.15, -0.1) is 0 Å². The van der Waals surface area contributed by atoms with Crippen LogP contribution in [0, 0.1) is 0 Å². The first-order valence-electron chi connectivity index (χ1n) is 7.98. The number of hydrogen-bond acceptors (Lipinski definition) is 5. The molecule has 1 amide bonds. The van der Waals surface area contributed by atoms with E-state index < -0.39 is 0 Å². The van der Waals surface area contributed by atoms with Gasteiger partial charge in [-0.25, -0.2) is 4.79 Å². The van der Waals surface area contributed by atoms with Crippen LogP contribution in [0.4, 0.5) is 4.79 Å². The Morgan fingerprint density at radius 2 is 2.04 bits per heavy atom. The fraction of sp³-hybridized carbons (Fsp3) is 0.588. The van der Waals surface area contributed by atoms with Gasteiger partial charge in [-0.05, 0) is 52.1 Å². The molecule has 0 spiro atoms. The van der Waals surface area contributed by atoms with E-state index >= 15 is 0 Å². The van der Waals surface area contributed by atoms with E-state index in [-0.39, 0.29) is 18.9 Å². The van der Waals surface area contributed by atoms with Crippen molar-refractivity contribution in [2.75, 3.05) is 40.6 Å². The molecule has 1 unspecified atom stereocenters. The van der Waals surface area contributed by atoms with Crippen molar-refractivity contribution in [1.29, 1.82) is 0 Å². The van der Waals surface area contributed by atoms with Crippen LogP contribution in [0.15, 0.2) is 18.2 Å². The maximum atomic E-state index is 12.2. The largest absolute Gasteiger partial charge is 0.454 e. The molecule has 0 fully saturated rings. The Hall–Kier alpha value is -1.95. The number of rotatable bonds is 7. The van der Waals surface area contributed by atoms with Gasteiger partial charge in [-0.1, -0.05) is 6.07 Å². The summed E-state index contributed by atoms with van der Waals surface area (Å²) >= 11 is 0. The summed E-state index contributed by atoms with van der Waals surface area (Å²) < 4.78 is 16.1. The topological polar surface area (TPSA) is 51.2 Å². The van der Waals surface area contributed by atoms with Crippen molar-refractivity contribution < 1.29 is 19.0 Å². The quantitative estimate of drug-likeness (QED) is 0.771. The number of fused-ring (bicyclic) bond motifs is 1. The maximum Gasteiger partial charge on any atom is 0.410 e. The molecule has 0 bridgehead atoms. The van der Waals surface area contributed by atoms with Crippen LogP contribution >= 0.6 is 0 Å². The molecule has 1 aliphatic rings. The second-order valence-electron chi connectivity index (χ2n) is 5.94. The summed E-state index contributed by atoms with van der Waals surface area (Å²) in [5.41, 5.74) is 1.11. The molecule has 1 heterocycles. The van der Waals surface area contributed by atoms with E-state index in [2.05, 4.69) is 0 Å². The van der Waals surface area contributed by atoms with E-state index in [1.807, 2.05) is 51.0 Å². The highest BCUT2D eigenvalue weighted by Crippen LogP contribution is 2.33. The zero-order valence-electron chi connectivity index (χ0n) is 14.4. The van der Waals surface area contributed by atoms with Crippen molar-refractivity contribution in [3.63, 3.8) is 0 Å². The van der Waals surface area contributed by atoms with E-state index in [1.165, 1.54) is 0 Å². The number of ether oxygens (including phenoxy) is 3. The zero-order chi connectivity index (χ0) is 16.8. The van der Waals surface area contributed by atoms with E-state index in [0.717, 1.165) is 30.0 Å². The lowest BCUT2D eigenvalue weighted by molar-refractivity contribution is 0.0856. The second kappa shape index (κ2) is 8.06. The SMILES string of the molecule is CCN(C(=O)OCCN(C)C)C(C)Cc1ccc2c(c1)OCO2. The summed E-state index contributed by atoms with van der Waals surface area (Å²) in [6.07, 6.45) is 0.482. The second-order valence-corrected chi connectivity index (χ2v) is 5.94. The van der Waals surface area contributed by atoms with Gasteiger partial charge in [0.2, 0.25) is 6.79 Å². The number of amides is 1. The van der Waals surface area contributed by atoms with E-state index in [0.29, 0.717) is 13.2 Å². The minimum absolute atomic E-state index is 0.0484. The average Bonchev–Trinajstić information content (AvgIpc) is 2.95. The molecule has 0 saturated carbocycles. The molecule has 1 aliphatic heterocycles. The van der Waals surface area contributed by atoms with Gasteiger partial charge >= 0.3 is 6.09 Å². The third-order valence-corrected chi connectivity index (χ3v) is 3.84. The van der Waals surface area contributed by atoms with Gasteiger partial charge in [0.05, 0.1) is 0 Å². The van der Waals surface area contributed by atoms with Gasteiger partial charge in [0.15, 0.2) is 11.5 Å². The molecule has 0 aliphatic carbocycles. The monoisotopic (exact) mass is 322 g/mol. The highest BCUT2D eigenvalue weighted by atomic mass is 16.7. The van der Waals surface area contributed by atoms with Crippen molar-refractivity contribution in [3.05, 3.63) is 23.8 Å². The number of hydrogen-bond donors (Lipinski definition) is 0. The molecular weight excluding hydrogens is 296 g/mol. The van der Waals surface area contributed by atoms with Crippen LogP contribution in [0.5, 0.6) is 11.5 Å². The molecule has 1 atom stereocenters. The summed E-state index contributed by atoms with van der Waals surface area (Å²) in [4.78, 5) is 16.0. The van der Waals surface area contributed by atoms with Crippen molar-refractivity contribution in [2.45, 2.75) is 26.3 Å². The van der Waals surface area contributed by atoms with E-state index in [9.17, 15) is 4.79 Å². The Labute approximate surface area is 137 Å². The average molecular weight is 322 g/mol. The summed E-state index contributed by atoms with van der Waals surface area (Å²) in [6.45, 7) is 6.00. The lowest BCUT2D eigenvalue weighted by Gasteiger charge is -2.27. The first-order valence-corrected chi connectivity index (χ1v) is 7.98. The van der Waals surface area contributed by atoms with Crippen LogP contribution in [0.25, 0.3) is 0 Å². The van der Waals surface area contributed by atoms with Gasteiger partial charge in [0.25, 0.3) is 0 Å². The molecular formula is C17H26N2O4. The standard InChI is InChI=1S/C17H26N2O4/c1-5-19(17(20)21-9-8-18(3)4)13(2)10-14-6-7-15-16(11-14)23-12-22-15/h6-7,11,13H,5,8-10,12H2,1-4H3. The lowest BCUT2D eigenvalue weighted by atomic mass is 10.1. The van der Waals surface area contributed by atoms with Gasteiger partial charge in [0.1, 0.15) is 6.61 Å². The third kappa shape index (κ3) is 4.76. The molecule has 23 heavy (non-hydrogen) atoms. The molecule has 2 rings (SSSR count). The van der Waals surface area contributed by atoms with Crippen molar-refractivity contribution >= 4 is 6.09 Å². The molecule has 6 heteroatoms. The summed E-state index contributed by atoms with van der Waals surface area (Å²) in [6, 6.07) is 5.95. The minimum Gasteiger partial charge on any atom is -0.454 e. The summed E-state index contributed by atoms with van der Waals surface area (Å²) in [7, 11) is 3.90. The van der Waals surface area contributed by atoms with Gasteiger partial charge in [-0.2, -0.15) is 0 Å². The third-order valence-electron chi connectivity index (χ3n) is 3.84. The molecule has 1 aromatic rings. The van der Waals surface area contributed by atoms with Crippen molar-refractivity contribution in [2.24, 2.45) is 0 Å². The number of nitrogens with zero attached hydrogens (tertiary/aromatic N) is 2. The van der Waals surface area contributed by atoms with Crippen LogP contribution in [-0.2, 0) is 11.2 Å². The Morgan fingerprint density at radius 3 is 2.74 bits per heavy atom. The van der Waals surface area contributed by atoms with Crippen LogP contribution in [0.3, 0.4) is 0 Å². The van der Waals surface area contributed by atoms with Crippen molar-refractivity contribution in [1.82, 2.24) is 9.80 Å². The normalized spacial score (nSPS) is 14.0. The highest BCUT2D eigenvalue weighted by molar-refractivity contribution is 5.68. The van der Waals surface area contributed by atoms with Gasteiger partial charge in [0, 0.05) is 19.1 Å². The fourth-order valence-corrected chi connectivity index (χ4v) is 2.54. The predicted molar refractivity (Wildman–Crippen MR) is 88.0 cm³/mol. The van der Waals surface area contributed by atoms with Gasteiger partial charge in [-0.3, -0.25) is 0 Å². The number of carbonyl (C=O) groups is 1. The molecule has 128 valence electrons. The number of likely N-dealkylation sites (N-methyl/N-ethyl adjacent to an activating group) is 2. The van der Waals surface area contributed by atoms with Crippen LogP contribution < -0.4 is 9.47 Å². The first-order chi connectivity index (χ1) is 11.0. The van der Waals surface area contributed by atoms with Crippen LogP contribution in [-0.4, -0.2) is 62.5 Å². The molecule has 0 aromatic heterocycles. The molecule has 6 nitrogen and oxygen atoms in total. The zero-order valence-corrected chi connectivity index (χ0v) is 14.4. The summed E-state index contributed by atoms with van der Waals surface area (Å²) in [5, 5.41) is 0. The fourth-order valence-electron chi connectivity index (χ4n) is 2.54. The molecule has 0 radical (unpaired) electrons. The lowest BCUT2D eigenvalue weighted by Crippen LogP contribution is -2.40. The van der Waals surface area contributed by atoms with E-state index in [1.54, 1.807) is 4.90 Å². The highest BCUT2D eigenvalue weighted by Gasteiger charge is 2.21. The van der Waals surface area contributed by atoms with Gasteiger partial charge < -0.3 is 24.0 Å². The smallest absolute Gasteiger partial charge is 0.410 e. The number of benzene rings is 1. The Balaban J connectivity index is 1.91. The van der Waals surface area contributed by atoms with Crippen molar-refractivity contribution in [3.8, 4) is 11.5 Å². The maximum absolute atomic E-state index is 12.2. The Morgan fingerprint density at radius 1 is 1.30 bits per heavy atom. The molecule has 0 saturated heterocycles.